The summed E-state index contributed by atoms with van der Waals surface area (Å²) in [6.45, 7) is 0. The summed E-state index contributed by atoms with van der Waals surface area (Å²) >= 11 is 7.73. The lowest BCUT2D eigenvalue weighted by Gasteiger charge is -2.14. The Morgan fingerprint density at radius 2 is 1.81 bits per heavy atom. The van der Waals surface area contributed by atoms with E-state index in [1.807, 2.05) is 22.6 Å². The number of halogens is 5. The van der Waals surface area contributed by atoms with Crippen molar-refractivity contribution in [3.05, 3.63) is 59.4 Å². The summed E-state index contributed by atoms with van der Waals surface area (Å²) in [6.07, 6.45) is -4.78. The minimum absolute atomic E-state index is 0.156. The third-order valence-electron chi connectivity index (χ3n) is 2.77. The van der Waals surface area contributed by atoms with Crippen molar-refractivity contribution in [1.82, 2.24) is 9.13 Å². The van der Waals surface area contributed by atoms with Gasteiger partial charge in [-0.25, -0.2) is 9.36 Å². The molecule has 1 heterocycles. The predicted molar refractivity (Wildman–Crippen MR) is 80.0 cm³/mol. The molecular weight excluding hydrogens is 423 g/mol. The van der Waals surface area contributed by atoms with Crippen molar-refractivity contribution in [2.75, 3.05) is 0 Å². The first-order chi connectivity index (χ1) is 9.62. The largest absolute Gasteiger partial charge is 0.431 e. The lowest BCUT2D eigenvalue weighted by Crippen LogP contribution is -2.40. The second kappa shape index (κ2) is 5.48. The molecule has 2 rings (SSSR count). The smallest absolute Gasteiger partial charge is 0.292 e. The number of hydrogen-bond acceptors (Lipinski definition) is 2. The summed E-state index contributed by atoms with van der Waals surface area (Å²) in [6, 6.07) is 4.69. The van der Waals surface area contributed by atoms with Gasteiger partial charge in [-0.1, -0.05) is 11.6 Å². The number of aromatic nitrogens is 2. The van der Waals surface area contributed by atoms with Crippen LogP contribution in [-0.4, -0.2) is 9.13 Å². The molecule has 9 heteroatoms. The molecule has 0 aliphatic heterocycles. The van der Waals surface area contributed by atoms with Gasteiger partial charge in [-0.2, -0.15) is 13.2 Å². The Kier molecular flexibility index (Phi) is 4.20. The molecule has 2 aromatic rings. The molecule has 0 saturated heterocycles. The van der Waals surface area contributed by atoms with Gasteiger partial charge in [0.05, 0.1) is 10.7 Å². The molecule has 112 valence electrons. The highest BCUT2D eigenvalue weighted by Gasteiger charge is 2.35. The Morgan fingerprint density at radius 1 is 1.19 bits per heavy atom. The summed E-state index contributed by atoms with van der Waals surface area (Å²) in [5.74, 6) is 0. The van der Waals surface area contributed by atoms with Crippen molar-refractivity contribution in [2.45, 2.75) is 6.18 Å². The SMILES string of the molecule is Cn1c(C(F)(F)F)cc(=O)n(-c2ccc(Cl)c(I)c2)c1=O. The summed E-state index contributed by atoms with van der Waals surface area (Å²) in [5, 5.41) is 0.413. The van der Waals surface area contributed by atoms with E-state index in [0.717, 1.165) is 7.05 Å². The molecule has 0 fully saturated rings. The van der Waals surface area contributed by atoms with Crippen molar-refractivity contribution in [1.29, 1.82) is 0 Å². The van der Waals surface area contributed by atoms with Gasteiger partial charge in [0.1, 0.15) is 5.69 Å². The predicted octanol–water partition coefficient (Wildman–Crippen LogP) is 2.81. The normalized spacial score (nSPS) is 11.7. The Bertz CT molecular complexity index is 827. The van der Waals surface area contributed by atoms with Crippen molar-refractivity contribution in [3.63, 3.8) is 0 Å². The molecule has 0 unspecified atom stereocenters. The highest BCUT2D eigenvalue weighted by atomic mass is 127. The van der Waals surface area contributed by atoms with Crippen LogP contribution in [-0.2, 0) is 13.2 Å². The molecule has 0 atom stereocenters. The summed E-state index contributed by atoms with van der Waals surface area (Å²) < 4.78 is 39.8. The van der Waals surface area contributed by atoms with E-state index in [0.29, 0.717) is 23.8 Å². The molecule has 4 nitrogen and oxygen atoms in total. The van der Waals surface area contributed by atoms with Crippen molar-refractivity contribution < 1.29 is 13.2 Å². The minimum Gasteiger partial charge on any atom is -0.292 e. The number of rotatable bonds is 1. The zero-order valence-corrected chi connectivity index (χ0v) is 13.3. The fourth-order valence-corrected chi connectivity index (χ4v) is 2.38. The van der Waals surface area contributed by atoms with Crippen LogP contribution in [0.4, 0.5) is 13.2 Å². The molecule has 0 saturated carbocycles. The van der Waals surface area contributed by atoms with Gasteiger partial charge in [0.15, 0.2) is 0 Å². The number of hydrogen-bond donors (Lipinski definition) is 0. The Hall–Kier alpha value is -1.29. The lowest BCUT2D eigenvalue weighted by molar-refractivity contribution is -0.144. The molecule has 0 N–H and O–H groups in total. The quantitative estimate of drug-likeness (QED) is 0.653. The molecular formula is C12H7ClF3IN2O2. The average molecular weight is 431 g/mol. The number of benzene rings is 1. The zero-order valence-electron chi connectivity index (χ0n) is 10.4. The van der Waals surface area contributed by atoms with Crippen LogP contribution in [0.2, 0.25) is 5.02 Å². The van der Waals surface area contributed by atoms with Gasteiger partial charge in [-0.05, 0) is 40.8 Å². The van der Waals surface area contributed by atoms with Crippen LogP contribution in [0.3, 0.4) is 0 Å². The molecule has 0 bridgehead atoms. The van der Waals surface area contributed by atoms with Crippen LogP contribution in [0.25, 0.3) is 5.69 Å². The van der Waals surface area contributed by atoms with Gasteiger partial charge < -0.3 is 0 Å². The maximum absolute atomic E-state index is 12.7. The van der Waals surface area contributed by atoms with E-state index >= 15 is 0 Å². The summed E-state index contributed by atoms with van der Waals surface area (Å²) in [5.41, 5.74) is -3.27. The van der Waals surface area contributed by atoms with Crippen molar-refractivity contribution in [2.24, 2.45) is 7.05 Å². The van der Waals surface area contributed by atoms with Crippen LogP contribution >= 0.6 is 34.2 Å². The summed E-state index contributed by atoms with van der Waals surface area (Å²) in [4.78, 5) is 23.9. The van der Waals surface area contributed by atoms with Gasteiger partial charge in [0.25, 0.3) is 5.56 Å². The van der Waals surface area contributed by atoms with Gasteiger partial charge in [0, 0.05) is 16.7 Å². The molecule has 1 aromatic carbocycles. The van der Waals surface area contributed by atoms with Crippen LogP contribution in [0, 0.1) is 3.57 Å². The van der Waals surface area contributed by atoms with E-state index < -0.39 is 23.1 Å². The van der Waals surface area contributed by atoms with Gasteiger partial charge in [-0.15, -0.1) is 0 Å². The van der Waals surface area contributed by atoms with Gasteiger partial charge in [-0.3, -0.25) is 9.36 Å². The van der Waals surface area contributed by atoms with E-state index in [1.165, 1.54) is 18.2 Å². The van der Waals surface area contributed by atoms with Crippen molar-refractivity contribution in [3.8, 4) is 5.69 Å². The third-order valence-corrected chi connectivity index (χ3v) is 4.31. The standard InChI is InChI=1S/C12H7ClF3IN2O2/c1-18-9(12(14,15)16)5-10(20)19(11(18)21)6-2-3-7(13)8(17)4-6/h2-5H,1H3. The molecule has 0 amide bonds. The first-order valence-corrected chi connectivity index (χ1v) is 6.94. The number of nitrogens with zero attached hydrogens (tertiary/aromatic N) is 2. The van der Waals surface area contributed by atoms with Gasteiger partial charge in [0.2, 0.25) is 0 Å². The molecule has 0 radical (unpaired) electrons. The first-order valence-electron chi connectivity index (χ1n) is 5.48. The van der Waals surface area contributed by atoms with E-state index in [4.69, 9.17) is 11.6 Å². The maximum atomic E-state index is 12.7. The van der Waals surface area contributed by atoms with E-state index in [9.17, 15) is 22.8 Å². The van der Waals surface area contributed by atoms with E-state index in [-0.39, 0.29) is 5.69 Å². The second-order valence-corrected chi connectivity index (χ2v) is 5.71. The first kappa shape index (κ1) is 16.1. The van der Waals surface area contributed by atoms with Crippen molar-refractivity contribution >= 4 is 34.2 Å². The highest BCUT2D eigenvalue weighted by Crippen LogP contribution is 2.27. The maximum Gasteiger partial charge on any atom is 0.431 e. The van der Waals surface area contributed by atoms with Gasteiger partial charge >= 0.3 is 11.9 Å². The monoisotopic (exact) mass is 430 g/mol. The Balaban J connectivity index is 2.78. The topological polar surface area (TPSA) is 44.0 Å². The van der Waals surface area contributed by atoms with Crippen LogP contribution < -0.4 is 11.2 Å². The Morgan fingerprint density at radius 3 is 2.33 bits per heavy atom. The van der Waals surface area contributed by atoms with E-state index in [1.54, 1.807) is 0 Å². The van der Waals surface area contributed by atoms with Crippen LogP contribution in [0.1, 0.15) is 5.69 Å². The van der Waals surface area contributed by atoms with Crippen LogP contribution in [0.15, 0.2) is 33.9 Å². The molecule has 0 aliphatic carbocycles. The minimum atomic E-state index is -4.78. The van der Waals surface area contributed by atoms with Crippen LogP contribution in [0.5, 0.6) is 0 Å². The fraction of sp³-hybridized carbons (Fsp3) is 0.167. The van der Waals surface area contributed by atoms with E-state index in [2.05, 4.69) is 0 Å². The lowest BCUT2D eigenvalue weighted by atomic mass is 10.3. The highest BCUT2D eigenvalue weighted by molar-refractivity contribution is 14.1. The number of alkyl halides is 3. The average Bonchev–Trinajstić information content (AvgIpc) is 2.37. The summed E-state index contributed by atoms with van der Waals surface area (Å²) in [7, 11) is 0.960. The second-order valence-electron chi connectivity index (χ2n) is 4.14. The fourth-order valence-electron chi connectivity index (χ4n) is 1.76. The third kappa shape index (κ3) is 3.00. The zero-order chi connectivity index (χ0) is 15.9. The Labute approximate surface area is 134 Å². The molecule has 21 heavy (non-hydrogen) atoms. The molecule has 1 aromatic heterocycles. The molecule has 0 aliphatic rings. The molecule has 0 spiro atoms.